The second-order valence-electron chi connectivity index (χ2n) is 3.48. The third-order valence-electron chi connectivity index (χ3n) is 1.97. The Labute approximate surface area is 111 Å². The third-order valence-corrected chi connectivity index (χ3v) is 2.77. The van der Waals surface area contributed by atoms with Gasteiger partial charge in [-0.15, -0.1) is 0 Å². The number of rotatable bonds is 2. The number of nitrogens with one attached hydrogen (secondary N) is 2. The molecule has 0 unspecified atom stereocenters. The second kappa shape index (κ2) is 5.67. The van der Waals surface area contributed by atoms with Gasteiger partial charge in [0.05, 0.1) is 15.7 Å². The first-order valence-corrected chi connectivity index (χ1v) is 5.52. The minimum atomic E-state index is -4.47. The van der Waals surface area contributed by atoms with Crippen LogP contribution in [0.2, 0.25) is 10.0 Å². The highest BCUT2D eigenvalue weighted by molar-refractivity contribution is 6.40. The van der Waals surface area contributed by atoms with E-state index in [0.29, 0.717) is 5.56 Å². The molecule has 0 aliphatic heterocycles. The van der Waals surface area contributed by atoms with Crippen molar-refractivity contribution in [2.24, 2.45) is 0 Å². The first-order chi connectivity index (χ1) is 8.20. The summed E-state index contributed by atoms with van der Waals surface area (Å²) in [6.07, 6.45) is -4.47. The lowest BCUT2D eigenvalue weighted by Crippen LogP contribution is -2.36. The number of hydrogen-bond donors (Lipinski definition) is 2. The van der Waals surface area contributed by atoms with E-state index in [-0.39, 0.29) is 15.7 Å². The van der Waals surface area contributed by atoms with Gasteiger partial charge >= 0.3 is 12.2 Å². The predicted octanol–water partition coefficient (Wildman–Crippen LogP) is 3.99. The largest absolute Gasteiger partial charge is 0.405 e. The number of alkyl halides is 3. The van der Waals surface area contributed by atoms with Crippen LogP contribution in [0, 0.1) is 6.92 Å². The molecule has 0 aromatic heterocycles. The molecule has 0 saturated carbocycles. The highest BCUT2D eigenvalue weighted by Crippen LogP contribution is 2.32. The van der Waals surface area contributed by atoms with Gasteiger partial charge in [0, 0.05) is 0 Å². The van der Waals surface area contributed by atoms with Crippen molar-refractivity contribution in [1.82, 2.24) is 5.32 Å². The molecule has 0 bridgehead atoms. The normalized spacial score (nSPS) is 11.2. The molecule has 8 heteroatoms. The summed E-state index contributed by atoms with van der Waals surface area (Å²) in [5.74, 6) is 0. The number of halogens is 5. The Hall–Kier alpha value is -1.14. The third kappa shape index (κ3) is 4.27. The number of urea groups is 1. The number of carbonyl (C=O) groups excluding carboxylic acids is 1. The molecule has 1 aromatic carbocycles. The quantitative estimate of drug-likeness (QED) is 0.852. The maximum atomic E-state index is 11.9. The predicted molar refractivity (Wildman–Crippen MR) is 64.3 cm³/mol. The van der Waals surface area contributed by atoms with E-state index >= 15 is 0 Å². The first kappa shape index (κ1) is 14.9. The summed E-state index contributed by atoms with van der Waals surface area (Å²) in [6, 6.07) is 2.09. The highest BCUT2D eigenvalue weighted by Gasteiger charge is 2.27. The van der Waals surface area contributed by atoms with Crippen LogP contribution in [0.15, 0.2) is 12.1 Å². The lowest BCUT2D eigenvalue weighted by atomic mass is 10.2. The van der Waals surface area contributed by atoms with Crippen molar-refractivity contribution in [3.8, 4) is 0 Å². The van der Waals surface area contributed by atoms with Crippen molar-refractivity contribution < 1.29 is 18.0 Å². The van der Waals surface area contributed by atoms with Crippen LogP contribution in [0.4, 0.5) is 23.7 Å². The summed E-state index contributed by atoms with van der Waals surface area (Å²) < 4.78 is 35.6. The number of benzene rings is 1. The summed E-state index contributed by atoms with van der Waals surface area (Å²) in [5.41, 5.74) is 0.727. The lowest BCUT2D eigenvalue weighted by Gasteiger charge is -2.13. The minimum Gasteiger partial charge on any atom is -0.329 e. The Morgan fingerprint density at radius 1 is 1.33 bits per heavy atom. The SMILES string of the molecule is Cc1ccc(Cl)c(NC(=O)NCC(F)(F)F)c1Cl. The van der Waals surface area contributed by atoms with Gasteiger partial charge < -0.3 is 10.6 Å². The molecular weight excluding hydrogens is 292 g/mol. The van der Waals surface area contributed by atoms with Crippen molar-refractivity contribution in [2.45, 2.75) is 13.1 Å². The number of anilines is 1. The summed E-state index contributed by atoms with van der Waals surface area (Å²) >= 11 is 11.7. The van der Waals surface area contributed by atoms with E-state index < -0.39 is 18.8 Å². The lowest BCUT2D eigenvalue weighted by molar-refractivity contribution is -0.122. The second-order valence-corrected chi connectivity index (χ2v) is 4.26. The summed E-state index contributed by atoms with van der Waals surface area (Å²) in [4.78, 5) is 11.2. The molecule has 2 N–H and O–H groups in total. The zero-order valence-electron chi connectivity index (χ0n) is 9.16. The maximum absolute atomic E-state index is 11.9. The van der Waals surface area contributed by atoms with Gasteiger partial charge in [-0.2, -0.15) is 13.2 Å². The van der Waals surface area contributed by atoms with E-state index in [9.17, 15) is 18.0 Å². The number of amides is 2. The van der Waals surface area contributed by atoms with Gasteiger partial charge in [-0.3, -0.25) is 0 Å². The molecule has 2 amide bonds. The molecule has 1 aromatic rings. The zero-order valence-corrected chi connectivity index (χ0v) is 10.7. The van der Waals surface area contributed by atoms with Gasteiger partial charge in [-0.05, 0) is 18.6 Å². The molecule has 0 spiro atoms. The molecule has 0 radical (unpaired) electrons. The molecule has 100 valence electrons. The van der Waals surface area contributed by atoms with Crippen molar-refractivity contribution in [3.63, 3.8) is 0 Å². The summed E-state index contributed by atoms with van der Waals surface area (Å²) in [5, 5.41) is 4.16. The van der Waals surface area contributed by atoms with E-state index in [4.69, 9.17) is 23.2 Å². The Morgan fingerprint density at radius 3 is 2.50 bits per heavy atom. The molecule has 18 heavy (non-hydrogen) atoms. The summed E-state index contributed by atoms with van der Waals surface area (Å²) in [7, 11) is 0. The van der Waals surface area contributed by atoms with Crippen molar-refractivity contribution >= 4 is 34.9 Å². The molecule has 0 atom stereocenters. The molecule has 0 saturated heterocycles. The van der Waals surface area contributed by atoms with Crippen molar-refractivity contribution in [3.05, 3.63) is 27.7 Å². The van der Waals surface area contributed by atoms with Crippen LogP contribution < -0.4 is 10.6 Å². The molecule has 0 aliphatic rings. The van der Waals surface area contributed by atoms with E-state index in [2.05, 4.69) is 5.32 Å². The average Bonchev–Trinajstić information content (AvgIpc) is 2.26. The average molecular weight is 301 g/mol. The molecule has 1 rings (SSSR count). The fraction of sp³-hybridized carbons (Fsp3) is 0.300. The Balaban J connectivity index is 2.74. The van der Waals surface area contributed by atoms with E-state index in [1.54, 1.807) is 18.3 Å². The molecule has 0 heterocycles. The van der Waals surface area contributed by atoms with E-state index in [1.807, 2.05) is 0 Å². The maximum Gasteiger partial charge on any atom is 0.405 e. The Morgan fingerprint density at radius 2 is 1.94 bits per heavy atom. The van der Waals surface area contributed by atoms with Gasteiger partial charge in [0.1, 0.15) is 6.54 Å². The standard InChI is InChI=1S/C10H9Cl2F3N2O/c1-5-2-3-6(11)8(7(5)12)17-9(18)16-4-10(13,14)15/h2-3H,4H2,1H3,(H2,16,17,18). The van der Waals surface area contributed by atoms with E-state index in [1.165, 1.54) is 6.07 Å². The van der Waals surface area contributed by atoms with Crippen LogP contribution in [0.25, 0.3) is 0 Å². The highest BCUT2D eigenvalue weighted by atomic mass is 35.5. The molecule has 3 nitrogen and oxygen atoms in total. The smallest absolute Gasteiger partial charge is 0.329 e. The van der Waals surface area contributed by atoms with Crippen LogP contribution >= 0.6 is 23.2 Å². The minimum absolute atomic E-state index is 0.0815. The van der Waals surface area contributed by atoms with Gasteiger partial charge in [0.15, 0.2) is 0 Å². The monoisotopic (exact) mass is 300 g/mol. The first-order valence-electron chi connectivity index (χ1n) is 4.77. The fourth-order valence-electron chi connectivity index (χ4n) is 1.11. The van der Waals surface area contributed by atoms with Crippen molar-refractivity contribution in [2.75, 3.05) is 11.9 Å². The Bertz CT molecular complexity index is 463. The van der Waals surface area contributed by atoms with Gasteiger partial charge in [-0.1, -0.05) is 29.3 Å². The zero-order chi connectivity index (χ0) is 13.9. The van der Waals surface area contributed by atoms with Gasteiger partial charge in [0.25, 0.3) is 0 Å². The van der Waals surface area contributed by atoms with Crippen LogP contribution in [0.3, 0.4) is 0 Å². The van der Waals surface area contributed by atoms with Crippen molar-refractivity contribution in [1.29, 1.82) is 0 Å². The Kier molecular flexibility index (Phi) is 4.70. The fourth-order valence-corrected chi connectivity index (χ4v) is 1.57. The number of hydrogen-bond acceptors (Lipinski definition) is 1. The van der Waals surface area contributed by atoms with Crippen LogP contribution in [-0.2, 0) is 0 Å². The van der Waals surface area contributed by atoms with Gasteiger partial charge in [-0.25, -0.2) is 4.79 Å². The molecule has 0 fully saturated rings. The van der Waals surface area contributed by atoms with E-state index in [0.717, 1.165) is 0 Å². The molecular formula is C10H9Cl2F3N2O. The molecule has 0 aliphatic carbocycles. The van der Waals surface area contributed by atoms with Crippen LogP contribution in [0.5, 0.6) is 0 Å². The van der Waals surface area contributed by atoms with Crippen LogP contribution in [-0.4, -0.2) is 18.8 Å². The number of carbonyl (C=O) groups is 1. The number of aryl methyl sites for hydroxylation is 1. The van der Waals surface area contributed by atoms with Gasteiger partial charge in [0.2, 0.25) is 0 Å². The topological polar surface area (TPSA) is 41.1 Å². The summed E-state index contributed by atoms with van der Waals surface area (Å²) in [6.45, 7) is 0.247. The van der Waals surface area contributed by atoms with Crippen LogP contribution in [0.1, 0.15) is 5.56 Å².